The molecule has 0 aliphatic rings. The van der Waals surface area contributed by atoms with E-state index in [0.29, 0.717) is 23.0 Å². The van der Waals surface area contributed by atoms with Gasteiger partial charge < -0.3 is 10.2 Å². The Morgan fingerprint density at radius 2 is 2.29 bits per heavy atom. The summed E-state index contributed by atoms with van der Waals surface area (Å²) in [6.45, 7) is 1.94. The molecule has 86 valence electrons. The highest BCUT2D eigenvalue weighted by Gasteiger charge is 2.14. The van der Waals surface area contributed by atoms with Crippen LogP contribution in [0.2, 0.25) is 0 Å². The molecular weight excluding hydrogens is 218 g/mol. The summed E-state index contributed by atoms with van der Waals surface area (Å²) in [5, 5.41) is 16.4. The third-order valence-corrected chi connectivity index (χ3v) is 2.31. The molecule has 2 rings (SSSR count). The normalized spacial score (nSPS) is 12.1. The molecule has 0 aliphatic heterocycles. The van der Waals surface area contributed by atoms with Gasteiger partial charge in [0, 0.05) is 6.20 Å². The fourth-order valence-electron chi connectivity index (χ4n) is 1.25. The van der Waals surface area contributed by atoms with E-state index in [-0.39, 0.29) is 6.04 Å². The molecule has 0 fully saturated rings. The van der Waals surface area contributed by atoms with E-state index in [1.54, 1.807) is 12.1 Å². The monoisotopic (exact) mass is 229 g/mol. The molecule has 0 saturated heterocycles. The number of rotatable bonds is 3. The Balaban J connectivity index is 2.28. The first-order chi connectivity index (χ1) is 8.24. The number of nitriles is 1. The number of nitrogens with zero attached hydrogens (tertiary/aromatic N) is 4. The van der Waals surface area contributed by atoms with Gasteiger partial charge in [0.1, 0.15) is 11.8 Å². The third kappa shape index (κ3) is 2.29. The van der Waals surface area contributed by atoms with Crippen molar-refractivity contribution in [3.8, 4) is 17.7 Å². The quantitative estimate of drug-likeness (QED) is 0.853. The van der Waals surface area contributed by atoms with E-state index >= 15 is 0 Å². The van der Waals surface area contributed by atoms with Gasteiger partial charge in [-0.15, -0.1) is 10.2 Å². The predicted octanol–water partition coefficient (Wildman–Crippen LogP) is 1.41. The molecule has 2 heterocycles. The van der Waals surface area contributed by atoms with E-state index in [0.717, 1.165) is 6.42 Å². The first kappa shape index (κ1) is 11.2. The Hall–Kier alpha value is -2.26. The van der Waals surface area contributed by atoms with Crippen molar-refractivity contribution in [3.63, 3.8) is 0 Å². The molecule has 6 heteroatoms. The van der Waals surface area contributed by atoms with Crippen LogP contribution in [0.5, 0.6) is 0 Å². The van der Waals surface area contributed by atoms with Crippen molar-refractivity contribution in [2.45, 2.75) is 19.4 Å². The zero-order valence-electron chi connectivity index (χ0n) is 9.29. The van der Waals surface area contributed by atoms with Gasteiger partial charge in [0.2, 0.25) is 5.89 Å². The minimum Gasteiger partial charge on any atom is -0.418 e. The van der Waals surface area contributed by atoms with Gasteiger partial charge in [-0.05, 0) is 18.6 Å². The van der Waals surface area contributed by atoms with Crippen LogP contribution in [-0.4, -0.2) is 15.2 Å². The van der Waals surface area contributed by atoms with Crippen LogP contribution >= 0.6 is 0 Å². The Morgan fingerprint density at radius 3 is 2.88 bits per heavy atom. The lowest BCUT2D eigenvalue weighted by molar-refractivity contribution is 0.452. The largest absolute Gasteiger partial charge is 0.418 e. The van der Waals surface area contributed by atoms with Gasteiger partial charge in [0.15, 0.2) is 0 Å². The van der Waals surface area contributed by atoms with Crippen LogP contribution in [0.15, 0.2) is 22.7 Å². The first-order valence-corrected chi connectivity index (χ1v) is 5.20. The van der Waals surface area contributed by atoms with Gasteiger partial charge in [-0.3, -0.25) is 0 Å². The van der Waals surface area contributed by atoms with Crippen molar-refractivity contribution in [2.75, 3.05) is 0 Å². The molecule has 2 N–H and O–H groups in total. The average molecular weight is 229 g/mol. The summed E-state index contributed by atoms with van der Waals surface area (Å²) in [4.78, 5) is 4.06. The topological polar surface area (TPSA) is 102 Å². The SMILES string of the molecule is CCC(N)c1nnc(-c2ccc(C#N)cn2)o1. The van der Waals surface area contributed by atoms with E-state index in [1.165, 1.54) is 6.20 Å². The zero-order valence-corrected chi connectivity index (χ0v) is 9.29. The van der Waals surface area contributed by atoms with Crippen molar-refractivity contribution in [1.29, 1.82) is 5.26 Å². The Morgan fingerprint density at radius 1 is 1.47 bits per heavy atom. The highest BCUT2D eigenvalue weighted by atomic mass is 16.4. The van der Waals surface area contributed by atoms with E-state index in [4.69, 9.17) is 15.4 Å². The summed E-state index contributed by atoms with van der Waals surface area (Å²) in [5.74, 6) is 0.710. The number of hydrogen-bond donors (Lipinski definition) is 1. The van der Waals surface area contributed by atoms with Crippen LogP contribution in [0.3, 0.4) is 0 Å². The molecular formula is C11H11N5O. The highest BCUT2D eigenvalue weighted by Crippen LogP contribution is 2.19. The predicted molar refractivity (Wildman–Crippen MR) is 59.5 cm³/mol. The van der Waals surface area contributed by atoms with Gasteiger partial charge in [-0.1, -0.05) is 6.92 Å². The van der Waals surface area contributed by atoms with Crippen molar-refractivity contribution in [3.05, 3.63) is 29.8 Å². The number of aromatic nitrogens is 3. The van der Waals surface area contributed by atoms with E-state index in [9.17, 15) is 0 Å². The smallest absolute Gasteiger partial charge is 0.266 e. The minimum absolute atomic E-state index is 0.255. The maximum absolute atomic E-state index is 8.65. The molecule has 0 saturated carbocycles. The highest BCUT2D eigenvalue weighted by molar-refractivity contribution is 5.47. The van der Waals surface area contributed by atoms with Crippen molar-refractivity contribution in [2.24, 2.45) is 5.73 Å². The van der Waals surface area contributed by atoms with Gasteiger partial charge >= 0.3 is 0 Å². The van der Waals surface area contributed by atoms with Crippen molar-refractivity contribution < 1.29 is 4.42 Å². The van der Waals surface area contributed by atoms with Crippen LogP contribution in [0.4, 0.5) is 0 Å². The Bertz CT molecular complexity index is 540. The Kier molecular flexibility index (Phi) is 3.12. The molecule has 17 heavy (non-hydrogen) atoms. The van der Waals surface area contributed by atoms with Crippen LogP contribution < -0.4 is 5.73 Å². The van der Waals surface area contributed by atoms with E-state index in [1.807, 2.05) is 13.0 Å². The third-order valence-electron chi connectivity index (χ3n) is 2.31. The molecule has 0 aliphatic carbocycles. The van der Waals surface area contributed by atoms with Crippen LogP contribution in [0, 0.1) is 11.3 Å². The Labute approximate surface area is 98.1 Å². The fourth-order valence-corrected chi connectivity index (χ4v) is 1.25. The lowest BCUT2D eigenvalue weighted by Gasteiger charge is -2.00. The summed E-state index contributed by atoms with van der Waals surface area (Å²) in [6.07, 6.45) is 2.18. The first-order valence-electron chi connectivity index (χ1n) is 5.20. The molecule has 0 radical (unpaired) electrons. The van der Waals surface area contributed by atoms with Crippen LogP contribution in [0.25, 0.3) is 11.6 Å². The molecule has 2 aromatic heterocycles. The van der Waals surface area contributed by atoms with Gasteiger partial charge in [-0.25, -0.2) is 4.98 Å². The van der Waals surface area contributed by atoms with Gasteiger partial charge in [0.05, 0.1) is 11.6 Å². The molecule has 0 spiro atoms. The second-order valence-corrected chi connectivity index (χ2v) is 3.50. The molecule has 1 unspecified atom stereocenters. The molecule has 0 bridgehead atoms. The van der Waals surface area contributed by atoms with E-state index < -0.39 is 0 Å². The molecule has 0 aromatic carbocycles. The van der Waals surface area contributed by atoms with Crippen molar-refractivity contribution in [1.82, 2.24) is 15.2 Å². The lowest BCUT2D eigenvalue weighted by Crippen LogP contribution is -2.08. The number of hydrogen-bond acceptors (Lipinski definition) is 6. The van der Waals surface area contributed by atoms with E-state index in [2.05, 4.69) is 15.2 Å². The maximum atomic E-state index is 8.65. The fraction of sp³-hybridized carbons (Fsp3) is 0.273. The number of nitrogens with two attached hydrogens (primary N) is 1. The second-order valence-electron chi connectivity index (χ2n) is 3.50. The summed E-state index contributed by atoms with van der Waals surface area (Å²) in [5.41, 5.74) is 6.79. The lowest BCUT2D eigenvalue weighted by atomic mass is 10.2. The minimum atomic E-state index is -0.255. The standard InChI is InChI=1S/C11H11N5O/c1-2-8(13)10-15-16-11(17-10)9-4-3-7(5-12)6-14-9/h3-4,6,8H,2,13H2,1H3. The molecule has 0 amide bonds. The zero-order chi connectivity index (χ0) is 12.3. The summed E-state index contributed by atoms with van der Waals surface area (Å²) in [6, 6.07) is 5.04. The molecule has 1 atom stereocenters. The molecule has 6 nitrogen and oxygen atoms in total. The average Bonchev–Trinajstić information content (AvgIpc) is 2.87. The molecule has 2 aromatic rings. The number of pyridine rings is 1. The summed E-state index contributed by atoms with van der Waals surface area (Å²) < 4.78 is 5.40. The summed E-state index contributed by atoms with van der Waals surface area (Å²) >= 11 is 0. The summed E-state index contributed by atoms with van der Waals surface area (Å²) in [7, 11) is 0. The van der Waals surface area contributed by atoms with Crippen LogP contribution in [-0.2, 0) is 0 Å². The van der Waals surface area contributed by atoms with Crippen molar-refractivity contribution >= 4 is 0 Å². The van der Waals surface area contributed by atoms with Crippen LogP contribution in [0.1, 0.15) is 30.8 Å². The second kappa shape index (κ2) is 4.72. The maximum Gasteiger partial charge on any atom is 0.266 e. The van der Waals surface area contributed by atoms with Gasteiger partial charge in [0.25, 0.3) is 5.89 Å². The van der Waals surface area contributed by atoms with Gasteiger partial charge in [-0.2, -0.15) is 5.26 Å².